The number of para-hydroxylation sites is 5. The Balaban J connectivity index is 1.01. The van der Waals surface area contributed by atoms with Crippen LogP contribution >= 0.6 is 0 Å². The average molecular weight is 670 g/mol. The highest BCUT2D eigenvalue weighted by Gasteiger charge is 2.27. The molecule has 0 spiro atoms. The van der Waals surface area contributed by atoms with Gasteiger partial charge in [-0.1, -0.05) is 42.5 Å². The molecule has 0 aliphatic rings. The van der Waals surface area contributed by atoms with Gasteiger partial charge in [-0.05, 0) is 84.9 Å². The van der Waals surface area contributed by atoms with E-state index >= 15 is 0 Å². The van der Waals surface area contributed by atoms with Crippen molar-refractivity contribution in [2.24, 2.45) is 28.2 Å². The van der Waals surface area contributed by atoms with Crippen LogP contribution in [0.3, 0.4) is 0 Å². The maximum Gasteiger partial charge on any atom is 0.327 e. The molecular weight excluding hydrogens is 635 g/mol. The first-order valence-corrected chi connectivity index (χ1v) is 16.8. The molecule has 0 fully saturated rings. The van der Waals surface area contributed by atoms with Crippen molar-refractivity contribution in [1.29, 1.82) is 0 Å². The van der Waals surface area contributed by atoms with Crippen LogP contribution in [0.1, 0.15) is 0 Å². The molecule has 9 rings (SSSR count). The van der Waals surface area contributed by atoms with Gasteiger partial charge in [0.15, 0.2) is 22.1 Å². The zero-order chi connectivity index (χ0) is 34.6. The highest BCUT2D eigenvalue weighted by Crippen LogP contribution is 2.37. The van der Waals surface area contributed by atoms with Crippen LogP contribution < -0.4 is 14.0 Å². The fraction of sp³-hybridized carbons (Fsp3) is 0.0952. The first-order chi connectivity index (χ1) is 25.0. The molecular formula is C42H35N7O2+2. The van der Waals surface area contributed by atoms with Crippen molar-refractivity contribution in [2.45, 2.75) is 0 Å². The lowest BCUT2D eigenvalue weighted by Crippen LogP contribution is -2.29. The van der Waals surface area contributed by atoms with Crippen LogP contribution in [0.5, 0.6) is 0 Å². The van der Waals surface area contributed by atoms with E-state index in [2.05, 4.69) is 118 Å². The number of nitrogens with zero attached hydrogens (tertiary/aromatic N) is 7. The monoisotopic (exact) mass is 669 g/mol. The van der Waals surface area contributed by atoms with Crippen molar-refractivity contribution in [3.63, 3.8) is 0 Å². The van der Waals surface area contributed by atoms with Gasteiger partial charge in [0.05, 0.1) is 40.6 Å². The standard InChI is InChI=1S/C42H35N7O2/c1-45-33-14-8-9-15-34(33)46(2)41(45)37-26-43-39(50-37)28-18-22-31(23-19-28)49(30-12-6-5-7-13-30)32-24-20-29(21-25-32)40-44-27-38(51-40)42-47(3)35-16-10-11-17-36(35)48(42)4/h5-27H,1-4H3/q+2. The number of fused-ring (bicyclic) bond motifs is 2. The minimum absolute atomic E-state index is 0.569. The van der Waals surface area contributed by atoms with Crippen molar-refractivity contribution in [3.8, 4) is 46.1 Å². The molecule has 51 heavy (non-hydrogen) atoms. The van der Waals surface area contributed by atoms with Crippen LogP contribution in [-0.2, 0) is 28.2 Å². The maximum atomic E-state index is 6.35. The Morgan fingerprint density at radius 1 is 0.490 bits per heavy atom. The Morgan fingerprint density at radius 3 is 1.31 bits per heavy atom. The Bertz CT molecular complexity index is 2440. The van der Waals surface area contributed by atoms with E-state index in [1.54, 1.807) is 12.4 Å². The number of rotatable bonds is 7. The summed E-state index contributed by atoms with van der Waals surface area (Å²) in [6, 6.07) is 43.6. The van der Waals surface area contributed by atoms with Gasteiger partial charge in [-0.2, -0.15) is 0 Å². The van der Waals surface area contributed by atoms with Gasteiger partial charge in [-0.15, -0.1) is 0 Å². The summed E-state index contributed by atoms with van der Waals surface area (Å²) in [5.74, 6) is 4.47. The Labute approximate surface area is 294 Å². The number of oxazole rings is 2. The predicted molar refractivity (Wildman–Crippen MR) is 198 cm³/mol. The first-order valence-electron chi connectivity index (χ1n) is 16.8. The molecule has 4 heterocycles. The molecule has 4 aromatic heterocycles. The molecule has 9 aromatic rings. The molecule has 0 aliphatic carbocycles. The lowest BCUT2D eigenvalue weighted by atomic mass is 10.1. The van der Waals surface area contributed by atoms with Gasteiger partial charge in [0, 0.05) is 28.2 Å². The minimum atomic E-state index is 0.569. The van der Waals surface area contributed by atoms with E-state index in [0.717, 1.165) is 61.9 Å². The highest BCUT2D eigenvalue weighted by molar-refractivity contribution is 5.79. The van der Waals surface area contributed by atoms with Gasteiger partial charge in [-0.25, -0.2) is 28.2 Å². The van der Waals surface area contributed by atoms with Crippen LogP contribution in [0.2, 0.25) is 0 Å². The smallest absolute Gasteiger partial charge is 0.327 e. The molecule has 5 aromatic carbocycles. The predicted octanol–water partition coefficient (Wildman–Crippen LogP) is 8.43. The third kappa shape index (κ3) is 5.01. The molecule has 0 amide bonds. The molecule has 9 heteroatoms. The summed E-state index contributed by atoms with van der Waals surface area (Å²) in [4.78, 5) is 11.5. The lowest BCUT2D eigenvalue weighted by molar-refractivity contribution is -0.634. The van der Waals surface area contributed by atoms with Gasteiger partial charge >= 0.3 is 11.6 Å². The number of benzene rings is 5. The summed E-state index contributed by atoms with van der Waals surface area (Å²) in [6.45, 7) is 0. The summed E-state index contributed by atoms with van der Waals surface area (Å²) in [5, 5.41) is 0. The minimum Gasteiger partial charge on any atom is -0.428 e. The van der Waals surface area contributed by atoms with Crippen LogP contribution in [0.25, 0.3) is 68.1 Å². The van der Waals surface area contributed by atoms with Crippen molar-refractivity contribution in [2.75, 3.05) is 4.90 Å². The van der Waals surface area contributed by atoms with Crippen molar-refractivity contribution in [1.82, 2.24) is 19.1 Å². The fourth-order valence-corrected chi connectivity index (χ4v) is 7.18. The zero-order valence-electron chi connectivity index (χ0n) is 28.7. The molecule has 0 saturated carbocycles. The van der Waals surface area contributed by atoms with E-state index in [1.165, 1.54) is 0 Å². The molecule has 248 valence electrons. The third-order valence-corrected chi connectivity index (χ3v) is 9.69. The Hall–Kier alpha value is -6.74. The molecule has 0 radical (unpaired) electrons. The van der Waals surface area contributed by atoms with Gasteiger partial charge in [0.25, 0.3) is 0 Å². The number of anilines is 3. The molecule has 0 bridgehead atoms. The van der Waals surface area contributed by atoms with Crippen LogP contribution in [0.15, 0.2) is 149 Å². The summed E-state index contributed by atoms with van der Waals surface area (Å²) >= 11 is 0. The van der Waals surface area contributed by atoms with Gasteiger partial charge in [0.2, 0.25) is 23.3 Å². The van der Waals surface area contributed by atoms with Crippen molar-refractivity contribution in [3.05, 3.63) is 140 Å². The van der Waals surface area contributed by atoms with E-state index in [-0.39, 0.29) is 0 Å². The van der Waals surface area contributed by atoms with E-state index in [4.69, 9.17) is 8.83 Å². The van der Waals surface area contributed by atoms with E-state index in [1.807, 2.05) is 70.7 Å². The summed E-state index contributed by atoms with van der Waals surface area (Å²) in [6.07, 6.45) is 3.60. The summed E-state index contributed by atoms with van der Waals surface area (Å²) in [7, 11) is 8.20. The Morgan fingerprint density at radius 2 is 0.882 bits per heavy atom. The van der Waals surface area contributed by atoms with Gasteiger partial charge in [-0.3, -0.25) is 0 Å². The maximum absolute atomic E-state index is 6.35. The zero-order valence-corrected chi connectivity index (χ0v) is 28.7. The van der Waals surface area contributed by atoms with Crippen LogP contribution in [0, 0.1) is 0 Å². The highest BCUT2D eigenvalue weighted by atomic mass is 16.4. The summed E-state index contributed by atoms with van der Waals surface area (Å²) < 4.78 is 21.2. The molecule has 0 N–H and O–H groups in total. The molecule has 9 nitrogen and oxygen atoms in total. The number of aromatic nitrogens is 6. The SMILES string of the molecule is Cn1c(-c2cnc(-c3ccc(N(c4ccccc4)c4ccc(-c5ncc(-c6n(C)c7ccccc7[n+]6C)o5)cc4)cc3)o2)[n+](C)c2ccccc21. The summed E-state index contributed by atoms with van der Waals surface area (Å²) in [5.41, 5.74) is 9.37. The normalized spacial score (nSPS) is 11.5. The van der Waals surface area contributed by atoms with Crippen molar-refractivity contribution < 1.29 is 18.0 Å². The molecule has 0 saturated heterocycles. The van der Waals surface area contributed by atoms with E-state index in [0.29, 0.717) is 23.3 Å². The van der Waals surface area contributed by atoms with E-state index in [9.17, 15) is 0 Å². The number of hydrogen-bond donors (Lipinski definition) is 0. The molecule has 0 atom stereocenters. The molecule has 0 unspecified atom stereocenters. The Kier molecular flexibility index (Phi) is 7.13. The number of imidazole rings is 2. The second-order valence-corrected chi connectivity index (χ2v) is 12.7. The average Bonchev–Trinajstić information content (AvgIpc) is 3.96. The second kappa shape index (κ2) is 12.0. The van der Waals surface area contributed by atoms with Gasteiger partial charge in [0.1, 0.15) is 0 Å². The largest absolute Gasteiger partial charge is 0.428 e. The number of aryl methyl sites for hydroxylation is 4. The van der Waals surface area contributed by atoms with E-state index < -0.39 is 0 Å². The topological polar surface area (TPSA) is 72.9 Å². The second-order valence-electron chi connectivity index (χ2n) is 12.7. The molecule has 0 aliphatic heterocycles. The first kappa shape index (κ1) is 30.3. The quantitative estimate of drug-likeness (QED) is 0.159. The lowest BCUT2D eigenvalue weighted by Gasteiger charge is -2.25. The fourth-order valence-electron chi connectivity index (χ4n) is 7.18. The van der Waals surface area contributed by atoms with Crippen LogP contribution in [0.4, 0.5) is 17.1 Å². The third-order valence-electron chi connectivity index (χ3n) is 9.69. The van der Waals surface area contributed by atoms with Gasteiger partial charge < -0.3 is 13.7 Å². The number of hydrogen-bond acceptors (Lipinski definition) is 5. The van der Waals surface area contributed by atoms with Crippen molar-refractivity contribution >= 4 is 39.1 Å². The van der Waals surface area contributed by atoms with Crippen LogP contribution in [-0.4, -0.2) is 19.1 Å².